The lowest BCUT2D eigenvalue weighted by molar-refractivity contribution is 0.134. The van der Waals surface area contributed by atoms with Gasteiger partial charge in [-0.1, -0.05) is 15.9 Å². The van der Waals surface area contributed by atoms with E-state index in [1.165, 1.54) is 6.21 Å². The number of hydrogen-bond donors (Lipinski definition) is 3. The van der Waals surface area contributed by atoms with Crippen molar-refractivity contribution in [1.29, 1.82) is 5.41 Å². The van der Waals surface area contributed by atoms with Gasteiger partial charge in [-0.2, -0.15) is 0 Å². The van der Waals surface area contributed by atoms with E-state index < -0.39 is 0 Å². The molecule has 0 saturated heterocycles. The molecule has 1 aromatic carbocycles. The first-order valence-corrected chi connectivity index (χ1v) is 7.99. The summed E-state index contributed by atoms with van der Waals surface area (Å²) in [4.78, 5) is 8.96. The minimum atomic E-state index is 0.254. The predicted octanol–water partition coefficient (Wildman–Crippen LogP) is 2.74. The van der Waals surface area contributed by atoms with Crippen LogP contribution < -0.4 is 5.32 Å². The molecule has 0 atom stereocenters. The maximum absolute atomic E-state index is 9.03. The molecule has 0 unspecified atom stereocenters. The number of nitrogens with one attached hydrogen (secondary N) is 2. The van der Waals surface area contributed by atoms with Crippen LogP contribution >= 0.6 is 15.9 Å². The second-order valence-electron chi connectivity index (χ2n) is 5.52. The van der Waals surface area contributed by atoms with Gasteiger partial charge in [0.15, 0.2) is 0 Å². The highest BCUT2D eigenvalue weighted by Gasteiger charge is 2.27. The summed E-state index contributed by atoms with van der Waals surface area (Å²) in [6.45, 7) is 0.254. The summed E-state index contributed by atoms with van der Waals surface area (Å²) in [6.07, 6.45) is 6.72. The van der Waals surface area contributed by atoms with Crippen molar-refractivity contribution < 1.29 is 5.11 Å². The standard InChI is InChI=1S/C16H17BrN4O/c17-12-1-2-14-15(5-12)21-16(8-20-14)11(6-18)7-19-13-3-10(4-13)9-22/h1-2,5-8,10,13,18-19,22H,3-4,9H2/b11-7+,18-6?. The number of fused-ring (bicyclic) bond motifs is 1. The molecule has 2 aromatic rings. The Labute approximate surface area is 137 Å². The summed E-state index contributed by atoms with van der Waals surface area (Å²) in [7, 11) is 0. The summed E-state index contributed by atoms with van der Waals surface area (Å²) >= 11 is 3.43. The SMILES string of the molecule is N=C/C(=C\NC1CC(CO)C1)c1cnc2ccc(Br)cc2n1. The molecule has 1 heterocycles. The minimum absolute atomic E-state index is 0.254. The quantitative estimate of drug-likeness (QED) is 0.716. The zero-order chi connectivity index (χ0) is 15.5. The third kappa shape index (κ3) is 3.18. The second kappa shape index (κ2) is 6.54. The number of rotatable bonds is 5. The summed E-state index contributed by atoms with van der Waals surface area (Å²) in [5, 5.41) is 19.9. The zero-order valence-corrected chi connectivity index (χ0v) is 13.5. The van der Waals surface area contributed by atoms with E-state index in [0.717, 1.165) is 28.3 Å². The maximum Gasteiger partial charge on any atom is 0.0922 e. The Morgan fingerprint density at radius 3 is 2.95 bits per heavy atom. The number of nitrogens with zero attached hydrogens (tertiary/aromatic N) is 2. The predicted molar refractivity (Wildman–Crippen MR) is 90.7 cm³/mol. The molecule has 0 spiro atoms. The van der Waals surface area contributed by atoms with Gasteiger partial charge in [0, 0.05) is 35.1 Å². The summed E-state index contributed by atoms with van der Waals surface area (Å²) < 4.78 is 0.953. The Hall–Kier alpha value is -1.79. The molecule has 0 bridgehead atoms. The minimum Gasteiger partial charge on any atom is -0.396 e. The van der Waals surface area contributed by atoms with Crippen LogP contribution in [-0.2, 0) is 0 Å². The van der Waals surface area contributed by atoms with Gasteiger partial charge in [0.1, 0.15) is 0 Å². The highest BCUT2D eigenvalue weighted by atomic mass is 79.9. The average Bonchev–Trinajstić information content (AvgIpc) is 2.49. The van der Waals surface area contributed by atoms with E-state index in [0.29, 0.717) is 23.2 Å². The molecule has 3 N–H and O–H groups in total. The van der Waals surface area contributed by atoms with Crippen LogP contribution in [0, 0.1) is 11.3 Å². The van der Waals surface area contributed by atoms with Crippen molar-refractivity contribution in [1.82, 2.24) is 15.3 Å². The molecule has 0 amide bonds. The van der Waals surface area contributed by atoms with Gasteiger partial charge >= 0.3 is 0 Å². The fraction of sp³-hybridized carbons (Fsp3) is 0.312. The molecule has 0 aliphatic heterocycles. The fourth-order valence-electron chi connectivity index (χ4n) is 2.54. The van der Waals surface area contributed by atoms with Crippen molar-refractivity contribution in [2.75, 3.05) is 6.61 Å². The van der Waals surface area contributed by atoms with Crippen molar-refractivity contribution in [2.24, 2.45) is 5.92 Å². The first-order chi connectivity index (χ1) is 10.7. The van der Waals surface area contributed by atoms with Gasteiger partial charge in [0.2, 0.25) is 0 Å². The highest BCUT2D eigenvalue weighted by Crippen LogP contribution is 2.27. The molecule has 1 fully saturated rings. The molecular formula is C16H17BrN4O. The molecular weight excluding hydrogens is 344 g/mol. The number of aliphatic hydroxyl groups excluding tert-OH is 1. The fourth-order valence-corrected chi connectivity index (χ4v) is 2.89. The van der Waals surface area contributed by atoms with Crippen molar-refractivity contribution in [3.05, 3.63) is 40.8 Å². The maximum atomic E-state index is 9.03. The van der Waals surface area contributed by atoms with E-state index in [9.17, 15) is 0 Å². The van der Waals surface area contributed by atoms with E-state index in [2.05, 4.69) is 31.2 Å². The van der Waals surface area contributed by atoms with E-state index in [-0.39, 0.29) is 6.61 Å². The van der Waals surface area contributed by atoms with Crippen LogP contribution in [0.4, 0.5) is 0 Å². The summed E-state index contributed by atoms with van der Waals surface area (Å²) in [5.74, 6) is 0.409. The smallest absolute Gasteiger partial charge is 0.0922 e. The molecule has 1 aromatic heterocycles. The van der Waals surface area contributed by atoms with Crippen LogP contribution in [0.15, 0.2) is 35.1 Å². The third-order valence-electron chi connectivity index (χ3n) is 3.92. The monoisotopic (exact) mass is 360 g/mol. The van der Waals surface area contributed by atoms with Gasteiger partial charge in [-0.05, 0) is 37.0 Å². The lowest BCUT2D eigenvalue weighted by Gasteiger charge is -2.34. The molecule has 1 aliphatic carbocycles. The number of hydrogen-bond acceptors (Lipinski definition) is 5. The van der Waals surface area contributed by atoms with Crippen LogP contribution in [0.3, 0.4) is 0 Å². The van der Waals surface area contributed by atoms with Crippen LogP contribution in [-0.4, -0.2) is 33.9 Å². The second-order valence-corrected chi connectivity index (χ2v) is 6.43. The molecule has 1 aliphatic rings. The Morgan fingerprint density at radius 1 is 1.41 bits per heavy atom. The Balaban J connectivity index is 1.79. The molecule has 3 rings (SSSR count). The third-order valence-corrected chi connectivity index (χ3v) is 4.42. The molecule has 22 heavy (non-hydrogen) atoms. The normalized spacial score (nSPS) is 21.5. The van der Waals surface area contributed by atoms with Crippen molar-refractivity contribution >= 4 is 38.8 Å². The molecule has 6 heteroatoms. The first kappa shape index (κ1) is 15.1. The number of benzene rings is 1. The van der Waals surface area contributed by atoms with Crippen molar-refractivity contribution in [3.63, 3.8) is 0 Å². The number of aromatic nitrogens is 2. The summed E-state index contributed by atoms with van der Waals surface area (Å²) in [5.41, 5.74) is 2.99. The first-order valence-electron chi connectivity index (χ1n) is 7.20. The number of allylic oxidation sites excluding steroid dienone is 1. The molecule has 5 nitrogen and oxygen atoms in total. The van der Waals surface area contributed by atoms with Crippen molar-refractivity contribution in [3.8, 4) is 0 Å². The van der Waals surface area contributed by atoms with Gasteiger partial charge in [-0.25, -0.2) is 4.98 Å². The number of aliphatic hydroxyl groups is 1. The lowest BCUT2D eigenvalue weighted by Crippen LogP contribution is -2.40. The zero-order valence-electron chi connectivity index (χ0n) is 12.0. The lowest BCUT2D eigenvalue weighted by atomic mass is 9.81. The highest BCUT2D eigenvalue weighted by molar-refractivity contribution is 9.10. The largest absolute Gasteiger partial charge is 0.396 e. The molecule has 0 radical (unpaired) electrons. The summed E-state index contributed by atoms with van der Waals surface area (Å²) in [6, 6.07) is 6.12. The Kier molecular flexibility index (Phi) is 4.49. The van der Waals surface area contributed by atoms with E-state index in [1.54, 1.807) is 6.20 Å². The van der Waals surface area contributed by atoms with Crippen LogP contribution in [0.2, 0.25) is 0 Å². The number of halogens is 1. The molecule has 1 saturated carbocycles. The van der Waals surface area contributed by atoms with Crippen molar-refractivity contribution in [2.45, 2.75) is 18.9 Å². The van der Waals surface area contributed by atoms with Crippen LogP contribution in [0.25, 0.3) is 16.6 Å². The van der Waals surface area contributed by atoms with Crippen LogP contribution in [0.5, 0.6) is 0 Å². The Morgan fingerprint density at radius 2 is 2.23 bits per heavy atom. The van der Waals surface area contributed by atoms with Gasteiger partial charge in [-0.3, -0.25) is 4.98 Å². The van der Waals surface area contributed by atoms with Crippen LogP contribution in [0.1, 0.15) is 18.5 Å². The molecule has 114 valence electrons. The van der Waals surface area contributed by atoms with Gasteiger partial charge < -0.3 is 15.8 Å². The van der Waals surface area contributed by atoms with Gasteiger partial charge in [-0.15, -0.1) is 0 Å². The van der Waals surface area contributed by atoms with E-state index in [1.807, 2.05) is 24.4 Å². The van der Waals surface area contributed by atoms with Gasteiger partial charge in [0.05, 0.1) is 22.9 Å². The van der Waals surface area contributed by atoms with E-state index >= 15 is 0 Å². The Bertz CT molecular complexity index is 725. The van der Waals surface area contributed by atoms with Gasteiger partial charge in [0.25, 0.3) is 0 Å². The topological polar surface area (TPSA) is 81.9 Å². The van der Waals surface area contributed by atoms with E-state index in [4.69, 9.17) is 10.5 Å². The average molecular weight is 361 g/mol.